The second-order valence-electron chi connectivity index (χ2n) is 3.24. The predicted octanol–water partition coefficient (Wildman–Crippen LogP) is 4.76. The third-order valence-electron chi connectivity index (χ3n) is 2.13. The Balaban J connectivity index is 2.66. The van der Waals surface area contributed by atoms with E-state index in [0.717, 1.165) is 8.96 Å². The first-order chi connectivity index (χ1) is 8.13. The second-order valence-corrected chi connectivity index (χ2v) is 5.57. The molecule has 0 aliphatic rings. The number of fused-ring (bicyclic) bond motifs is 1. The third kappa shape index (κ3) is 2.89. The molecule has 0 radical (unpaired) electrons. The van der Waals surface area contributed by atoms with E-state index in [-0.39, 0.29) is 0 Å². The Labute approximate surface area is 127 Å². The minimum absolute atomic E-state index is 0.409. The number of hydrogen-bond donors (Lipinski definition) is 0. The van der Waals surface area contributed by atoms with Gasteiger partial charge in [-0.1, -0.05) is 23.2 Å². The van der Waals surface area contributed by atoms with Crippen LogP contribution in [0.4, 0.5) is 0 Å². The first-order valence-electron chi connectivity index (χ1n) is 4.76. The summed E-state index contributed by atoms with van der Waals surface area (Å²) in [6.45, 7) is 0.419. The van der Waals surface area contributed by atoms with Crippen LogP contribution in [0, 0.1) is 3.57 Å². The van der Waals surface area contributed by atoms with E-state index < -0.39 is 0 Å². The normalized spacial score (nSPS) is 10.8. The molecule has 0 bridgehead atoms. The number of alkyl halides is 1. The molecule has 0 spiro atoms. The number of benzene rings is 1. The van der Waals surface area contributed by atoms with Crippen LogP contribution in [0.1, 0.15) is 0 Å². The zero-order chi connectivity index (χ0) is 12.4. The van der Waals surface area contributed by atoms with Gasteiger partial charge in [-0.05, 0) is 40.8 Å². The molecule has 6 heteroatoms. The van der Waals surface area contributed by atoms with Gasteiger partial charge >= 0.3 is 0 Å². The van der Waals surface area contributed by atoms with Crippen molar-refractivity contribution in [2.24, 2.45) is 0 Å². The van der Waals surface area contributed by atoms with Gasteiger partial charge in [-0.3, -0.25) is 0 Å². The molecule has 1 heterocycles. The lowest BCUT2D eigenvalue weighted by atomic mass is 10.2. The van der Waals surface area contributed by atoms with E-state index in [1.165, 1.54) is 0 Å². The third-order valence-corrected chi connectivity index (χ3v) is 3.61. The Bertz CT molecular complexity index is 562. The summed E-state index contributed by atoms with van der Waals surface area (Å²) in [5, 5.41) is 1.86. The van der Waals surface area contributed by atoms with Crippen molar-refractivity contribution < 1.29 is 4.74 Å². The average Bonchev–Trinajstić information content (AvgIpc) is 2.28. The minimum Gasteiger partial charge on any atom is -0.489 e. The molecular formula is C11H7Cl3INO. The fourth-order valence-corrected chi connectivity index (χ4v) is 2.84. The molecule has 1 aromatic heterocycles. The van der Waals surface area contributed by atoms with E-state index in [1.54, 1.807) is 6.07 Å². The van der Waals surface area contributed by atoms with Gasteiger partial charge in [0.1, 0.15) is 17.3 Å². The van der Waals surface area contributed by atoms with Gasteiger partial charge in [0.15, 0.2) is 5.75 Å². The highest BCUT2D eigenvalue weighted by Gasteiger charge is 2.12. The highest BCUT2D eigenvalue weighted by Crippen LogP contribution is 2.35. The van der Waals surface area contributed by atoms with Gasteiger partial charge in [-0.2, -0.15) is 0 Å². The van der Waals surface area contributed by atoms with E-state index in [0.29, 0.717) is 33.9 Å². The predicted molar refractivity (Wildman–Crippen MR) is 80.7 cm³/mol. The number of nitrogens with zero attached hydrogens (tertiary/aromatic N) is 1. The summed E-state index contributed by atoms with van der Waals surface area (Å²) >= 11 is 19.8. The van der Waals surface area contributed by atoms with Gasteiger partial charge in [0.05, 0.1) is 14.5 Å². The maximum atomic E-state index is 6.15. The lowest BCUT2D eigenvalue weighted by molar-refractivity contribution is 0.344. The fourth-order valence-electron chi connectivity index (χ4n) is 1.45. The van der Waals surface area contributed by atoms with Gasteiger partial charge in [-0.25, -0.2) is 4.98 Å². The molecule has 90 valence electrons. The smallest absolute Gasteiger partial charge is 0.159 e. The molecule has 0 fully saturated rings. The Morgan fingerprint density at radius 1 is 1.29 bits per heavy atom. The molecule has 17 heavy (non-hydrogen) atoms. The van der Waals surface area contributed by atoms with E-state index in [4.69, 9.17) is 39.5 Å². The van der Waals surface area contributed by atoms with Crippen molar-refractivity contribution in [1.82, 2.24) is 4.98 Å². The highest BCUT2D eigenvalue weighted by atomic mass is 127. The number of pyridine rings is 1. The molecular weight excluding hydrogens is 395 g/mol. The summed E-state index contributed by atoms with van der Waals surface area (Å²) < 4.78 is 6.48. The SMILES string of the molecule is ClCCOc1c(I)cc(Cl)c2ccc(Cl)nc12. The van der Waals surface area contributed by atoms with Crippen LogP contribution in [0.5, 0.6) is 5.75 Å². The summed E-state index contributed by atoms with van der Waals surface area (Å²) in [5.74, 6) is 1.09. The summed E-state index contributed by atoms with van der Waals surface area (Å²) in [4.78, 5) is 4.26. The van der Waals surface area contributed by atoms with Gasteiger partial charge < -0.3 is 4.74 Å². The van der Waals surface area contributed by atoms with Crippen molar-refractivity contribution in [2.45, 2.75) is 0 Å². The lowest BCUT2D eigenvalue weighted by Gasteiger charge is -2.11. The summed E-state index contributed by atoms with van der Waals surface area (Å²) in [5.41, 5.74) is 0.666. The van der Waals surface area contributed by atoms with Crippen LogP contribution >= 0.6 is 57.4 Å². The molecule has 0 atom stereocenters. The van der Waals surface area contributed by atoms with Crippen LogP contribution in [-0.2, 0) is 0 Å². The van der Waals surface area contributed by atoms with Crippen LogP contribution in [0.3, 0.4) is 0 Å². The van der Waals surface area contributed by atoms with Crippen molar-refractivity contribution in [3.63, 3.8) is 0 Å². The molecule has 0 amide bonds. The number of halogens is 4. The molecule has 2 nitrogen and oxygen atoms in total. The molecule has 0 aliphatic carbocycles. The first kappa shape index (κ1) is 13.5. The van der Waals surface area contributed by atoms with Gasteiger partial charge in [-0.15, -0.1) is 11.6 Å². The zero-order valence-electron chi connectivity index (χ0n) is 8.51. The molecule has 2 rings (SSSR count). The van der Waals surface area contributed by atoms with Crippen LogP contribution in [0.2, 0.25) is 10.2 Å². The maximum absolute atomic E-state index is 6.15. The fraction of sp³-hybridized carbons (Fsp3) is 0.182. The van der Waals surface area contributed by atoms with Gasteiger partial charge in [0.2, 0.25) is 0 Å². The molecule has 0 saturated heterocycles. The van der Waals surface area contributed by atoms with Crippen LogP contribution < -0.4 is 4.74 Å². The monoisotopic (exact) mass is 401 g/mol. The zero-order valence-corrected chi connectivity index (χ0v) is 12.9. The van der Waals surface area contributed by atoms with Crippen molar-refractivity contribution in [1.29, 1.82) is 0 Å². The Hall–Kier alpha value is 0.0300. The Morgan fingerprint density at radius 3 is 2.76 bits per heavy atom. The van der Waals surface area contributed by atoms with Crippen LogP contribution in [0.15, 0.2) is 18.2 Å². The van der Waals surface area contributed by atoms with Crippen LogP contribution in [0.25, 0.3) is 10.9 Å². The van der Waals surface area contributed by atoms with Crippen LogP contribution in [-0.4, -0.2) is 17.5 Å². The Morgan fingerprint density at radius 2 is 2.06 bits per heavy atom. The minimum atomic E-state index is 0.409. The summed E-state index contributed by atoms with van der Waals surface area (Å²) in [6.07, 6.45) is 0. The summed E-state index contributed by atoms with van der Waals surface area (Å²) in [6, 6.07) is 5.37. The molecule has 0 aliphatic heterocycles. The van der Waals surface area contributed by atoms with Gasteiger partial charge in [0.25, 0.3) is 0 Å². The van der Waals surface area contributed by atoms with E-state index in [1.807, 2.05) is 12.1 Å². The second kappa shape index (κ2) is 5.78. The topological polar surface area (TPSA) is 22.1 Å². The summed E-state index contributed by atoms with van der Waals surface area (Å²) in [7, 11) is 0. The Kier molecular flexibility index (Phi) is 4.58. The van der Waals surface area contributed by atoms with E-state index >= 15 is 0 Å². The molecule has 2 aromatic rings. The highest BCUT2D eigenvalue weighted by molar-refractivity contribution is 14.1. The maximum Gasteiger partial charge on any atom is 0.159 e. The average molecular weight is 402 g/mol. The van der Waals surface area contributed by atoms with Gasteiger partial charge in [0, 0.05) is 5.39 Å². The molecule has 0 unspecified atom stereocenters. The van der Waals surface area contributed by atoms with Crippen molar-refractivity contribution in [3.05, 3.63) is 31.9 Å². The quantitative estimate of drug-likeness (QED) is 0.419. The van der Waals surface area contributed by atoms with Crippen molar-refractivity contribution in [2.75, 3.05) is 12.5 Å². The molecule has 1 aromatic carbocycles. The number of rotatable bonds is 3. The lowest BCUT2D eigenvalue weighted by Crippen LogP contribution is -2.01. The van der Waals surface area contributed by atoms with E-state index in [9.17, 15) is 0 Å². The molecule has 0 saturated carbocycles. The molecule has 0 N–H and O–H groups in total. The standard InChI is InChI=1S/C11H7Cl3INO/c12-3-4-17-11-8(15)5-7(13)6-1-2-9(14)16-10(6)11/h1-2,5H,3-4H2. The van der Waals surface area contributed by atoms with Crippen molar-refractivity contribution >= 4 is 68.3 Å². The van der Waals surface area contributed by atoms with Crippen molar-refractivity contribution in [3.8, 4) is 5.75 Å². The first-order valence-corrected chi connectivity index (χ1v) is 7.13. The number of aromatic nitrogens is 1. The number of ether oxygens (including phenoxy) is 1. The largest absolute Gasteiger partial charge is 0.489 e. The van der Waals surface area contributed by atoms with E-state index in [2.05, 4.69) is 27.6 Å². The number of hydrogen-bond acceptors (Lipinski definition) is 2.